The number of methoxy groups -OCH3 is 1. The van der Waals surface area contributed by atoms with E-state index >= 15 is 0 Å². The van der Waals surface area contributed by atoms with Crippen molar-refractivity contribution in [2.24, 2.45) is 11.3 Å². The first kappa shape index (κ1) is 18.3. The van der Waals surface area contributed by atoms with Gasteiger partial charge in [-0.05, 0) is 29.0 Å². The lowest BCUT2D eigenvalue weighted by atomic mass is 9.82. The van der Waals surface area contributed by atoms with Crippen LogP contribution in [-0.4, -0.2) is 19.0 Å². The minimum Gasteiger partial charge on any atom is -0.497 e. The molecule has 0 heterocycles. The number of hydrogen-bond acceptors (Lipinski definition) is 2. The maximum atomic E-state index is 6.16. The van der Waals surface area contributed by atoms with Crippen LogP contribution >= 0.6 is 15.9 Å². The molecule has 1 atom stereocenters. The van der Waals surface area contributed by atoms with Crippen LogP contribution in [0.15, 0.2) is 18.2 Å². The number of alkyl halides is 1. The normalized spacial score (nSPS) is 13.9. The number of ether oxygens (including phenoxy) is 2. The van der Waals surface area contributed by atoms with Crippen molar-refractivity contribution < 1.29 is 9.47 Å². The van der Waals surface area contributed by atoms with Crippen LogP contribution in [0.25, 0.3) is 0 Å². The molecule has 0 aliphatic carbocycles. The second kappa shape index (κ2) is 7.04. The summed E-state index contributed by atoms with van der Waals surface area (Å²) in [5.74, 6) is 2.30. The molecular weight excluding hydrogens is 328 g/mol. The lowest BCUT2D eigenvalue weighted by molar-refractivity contribution is 0.164. The van der Waals surface area contributed by atoms with Gasteiger partial charge < -0.3 is 9.47 Å². The van der Waals surface area contributed by atoms with Gasteiger partial charge in [-0.2, -0.15) is 0 Å². The number of halogens is 1. The van der Waals surface area contributed by atoms with Crippen molar-refractivity contribution >= 4 is 15.9 Å². The Morgan fingerprint density at radius 1 is 1.10 bits per heavy atom. The lowest BCUT2D eigenvalue weighted by Gasteiger charge is -2.30. The number of benzene rings is 1. The van der Waals surface area contributed by atoms with Gasteiger partial charge in [0.15, 0.2) is 0 Å². The van der Waals surface area contributed by atoms with Crippen LogP contribution in [-0.2, 0) is 5.41 Å². The fourth-order valence-electron chi connectivity index (χ4n) is 2.06. The smallest absolute Gasteiger partial charge is 0.123 e. The SMILES string of the molecule is COc1ccc(OCC(CBr)C(C)(C)C)c(C(C)(C)C)c1. The summed E-state index contributed by atoms with van der Waals surface area (Å²) < 4.78 is 11.5. The number of hydrogen-bond donors (Lipinski definition) is 0. The van der Waals surface area contributed by atoms with Crippen molar-refractivity contribution in [1.29, 1.82) is 0 Å². The van der Waals surface area contributed by atoms with Crippen molar-refractivity contribution in [3.63, 3.8) is 0 Å². The van der Waals surface area contributed by atoms with E-state index in [9.17, 15) is 0 Å². The van der Waals surface area contributed by atoms with Gasteiger partial charge in [0.2, 0.25) is 0 Å². The minimum atomic E-state index is 0.0233. The first-order valence-corrected chi connectivity index (χ1v) is 8.59. The average Bonchev–Trinajstić information content (AvgIpc) is 2.36. The first-order chi connectivity index (χ1) is 9.59. The van der Waals surface area contributed by atoms with Gasteiger partial charge in [0, 0.05) is 16.8 Å². The molecule has 0 aliphatic rings. The molecular formula is C18H29BrO2. The molecule has 0 saturated heterocycles. The van der Waals surface area contributed by atoms with Gasteiger partial charge in [-0.3, -0.25) is 0 Å². The van der Waals surface area contributed by atoms with Crippen molar-refractivity contribution in [3.05, 3.63) is 23.8 Å². The largest absolute Gasteiger partial charge is 0.497 e. The van der Waals surface area contributed by atoms with Crippen LogP contribution in [0.2, 0.25) is 0 Å². The Labute approximate surface area is 138 Å². The Bertz CT molecular complexity index is 455. The molecule has 1 aromatic carbocycles. The fourth-order valence-corrected chi connectivity index (χ4v) is 3.22. The van der Waals surface area contributed by atoms with E-state index in [4.69, 9.17) is 9.47 Å². The molecule has 3 heteroatoms. The van der Waals surface area contributed by atoms with E-state index < -0.39 is 0 Å². The number of rotatable bonds is 5. The van der Waals surface area contributed by atoms with Crippen LogP contribution in [0.1, 0.15) is 47.1 Å². The Hall–Kier alpha value is -0.700. The summed E-state index contributed by atoms with van der Waals surface area (Å²) in [6, 6.07) is 6.06. The van der Waals surface area contributed by atoms with E-state index in [1.165, 1.54) is 5.56 Å². The average molecular weight is 357 g/mol. The summed E-state index contributed by atoms with van der Waals surface area (Å²) in [5.41, 5.74) is 1.43. The zero-order valence-electron chi connectivity index (χ0n) is 14.4. The zero-order chi connectivity index (χ0) is 16.3. The van der Waals surface area contributed by atoms with Crippen LogP contribution in [0, 0.1) is 11.3 Å². The van der Waals surface area contributed by atoms with Crippen LogP contribution in [0.3, 0.4) is 0 Å². The van der Waals surface area contributed by atoms with E-state index in [0.717, 1.165) is 16.8 Å². The molecule has 0 N–H and O–H groups in total. The van der Waals surface area contributed by atoms with Gasteiger partial charge in [0.25, 0.3) is 0 Å². The summed E-state index contributed by atoms with van der Waals surface area (Å²) in [5, 5.41) is 0.942. The minimum absolute atomic E-state index is 0.0233. The second-order valence-electron chi connectivity index (χ2n) is 7.64. The molecule has 0 spiro atoms. The maximum Gasteiger partial charge on any atom is 0.123 e. The molecule has 1 rings (SSSR count). The van der Waals surface area contributed by atoms with E-state index in [2.05, 4.69) is 63.5 Å². The van der Waals surface area contributed by atoms with Gasteiger partial charge in [0.1, 0.15) is 11.5 Å². The van der Waals surface area contributed by atoms with Gasteiger partial charge >= 0.3 is 0 Å². The molecule has 0 bridgehead atoms. The molecule has 1 aromatic rings. The van der Waals surface area contributed by atoms with E-state index in [1.54, 1.807) is 7.11 Å². The Morgan fingerprint density at radius 3 is 2.14 bits per heavy atom. The predicted octanol–water partition coefficient (Wildman–Crippen LogP) is 5.43. The Morgan fingerprint density at radius 2 is 1.71 bits per heavy atom. The molecule has 0 aromatic heterocycles. The molecule has 120 valence electrons. The summed E-state index contributed by atoms with van der Waals surface area (Å²) in [6.07, 6.45) is 0. The molecule has 0 saturated carbocycles. The van der Waals surface area contributed by atoms with Gasteiger partial charge in [-0.1, -0.05) is 57.5 Å². The standard InChI is InChI=1S/C18H29BrO2/c1-17(2,3)13(11-19)12-21-16-9-8-14(20-7)10-15(16)18(4,5)6/h8-10,13H,11-12H2,1-7H3. The molecule has 0 fully saturated rings. The predicted molar refractivity (Wildman–Crippen MR) is 93.9 cm³/mol. The molecule has 21 heavy (non-hydrogen) atoms. The lowest BCUT2D eigenvalue weighted by Crippen LogP contribution is -2.28. The highest BCUT2D eigenvalue weighted by Gasteiger charge is 2.26. The molecule has 0 aliphatic heterocycles. The van der Waals surface area contributed by atoms with Crippen LogP contribution in [0.5, 0.6) is 11.5 Å². The third-order valence-electron chi connectivity index (χ3n) is 3.85. The highest BCUT2D eigenvalue weighted by Crippen LogP contribution is 2.35. The molecule has 0 amide bonds. The van der Waals surface area contributed by atoms with Gasteiger partial charge in [0.05, 0.1) is 13.7 Å². The third kappa shape index (κ3) is 5.21. The summed E-state index contributed by atoms with van der Waals surface area (Å²) >= 11 is 3.61. The highest BCUT2D eigenvalue weighted by atomic mass is 79.9. The van der Waals surface area contributed by atoms with Crippen molar-refractivity contribution in [2.75, 3.05) is 19.0 Å². The summed E-state index contributed by atoms with van der Waals surface area (Å²) in [7, 11) is 1.70. The first-order valence-electron chi connectivity index (χ1n) is 7.47. The molecule has 1 unspecified atom stereocenters. The van der Waals surface area contributed by atoms with E-state index in [-0.39, 0.29) is 10.8 Å². The van der Waals surface area contributed by atoms with Crippen molar-refractivity contribution in [1.82, 2.24) is 0 Å². The van der Waals surface area contributed by atoms with Gasteiger partial charge in [-0.25, -0.2) is 0 Å². The second-order valence-corrected chi connectivity index (χ2v) is 8.29. The van der Waals surface area contributed by atoms with Gasteiger partial charge in [-0.15, -0.1) is 0 Å². The fraction of sp³-hybridized carbons (Fsp3) is 0.667. The van der Waals surface area contributed by atoms with Crippen LogP contribution < -0.4 is 9.47 Å². The maximum absolute atomic E-state index is 6.16. The summed E-state index contributed by atoms with van der Waals surface area (Å²) in [6.45, 7) is 14.0. The zero-order valence-corrected chi connectivity index (χ0v) is 16.0. The van der Waals surface area contributed by atoms with E-state index in [0.29, 0.717) is 12.5 Å². The van der Waals surface area contributed by atoms with Crippen LogP contribution in [0.4, 0.5) is 0 Å². The third-order valence-corrected chi connectivity index (χ3v) is 4.63. The monoisotopic (exact) mass is 356 g/mol. The summed E-state index contributed by atoms with van der Waals surface area (Å²) in [4.78, 5) is 0. The van der Waals surface area contributed by atoms with Crippen molar-refractivity contribution in [2.45, 2.75) is 47.0 Å². The van der Waals surface area contributed by atoms with E-state index in [1.807, 2.05) is 12.1 Å². The van der Waals surface area contributed by atoms with Crippen molar-refractivity contribution in [3.8, 4) is 11.5 Å². The molecule has 2 nitrogen and oxygen atoms in total. The molecule has 0 radical (unpaired) electrons. The Balaban J connectivity index is 2.98. The highest BCUT2D eigenvalue weighted by molar-refractivity contribution is 9.09. The topological polar surface area (TPSA) is 18.5 Å². The Kier molecular flexibility index (Phi) is 6.15. The quantitative estimate of drug-likeness (QED) is 0.655.